The summed E-state index contributed by atoms with van der Waals surface area (Å²) in [6, 6.07) is 3.78. The monoisotopic (exact) mass is 437 g/mol. The van der Waals surface area contributed by atoms with Gasteiger partial charge < -0.3 is 9.84 Å². The van der Waals surface area contributed by atoms with E-state index in [0.717, 1.165) is 42.0 Å². The predicted octanol–water partition coefficient (Wildman–Crippen LogP) is 2.72. The fourth-order valence-electron chi connectivity index (χ4n) is 4.44. The van der Waals surface area contributed by atoms with Gasteiger partial charge in [-0.2, -0.15) is 0 Å². The van der Waals surface area contributed by atoms with Crippen molar-refractivity contribution < 1.29 is 14.6 Å². The maximum atomic E-state index is 11.3. The number of carboxylic acid groups (broad SMARTS) is 1. The minimum atomic E-state index is -0.740. The van der Waals surface area contributed by atoms with Crippen molar-refractivity contribution in [2.75, 3.05) is 0 Å². The third kappa shape index (κ3) is 4.09. The first kappa shape index (κ1) is 20.6. The second-order valence-electron chi connectivity index (χ2n) is 8.82. The van der Waals surface area contributed by atoms with Crippen LogP contribution in [0.2, 0.25) is 0 Å². The summed E-state index contributed by atoms with van der Waals surface area (Å²) in [5.41, 5.74) is 4.24. The van der Waals surface area contributed by atoms with Crippen LogP contribution in [-0.4, -0.2) is 52.2 Å². The molecule has 0 saturated heterocycles. The molecule has 10 nitrogen and oxygen atoms in total. The molecule has 3 aromatic heterocycles. The van der Waals surface area contributed by atoms with Gasteiger partial charge in [-0.25, -0.2) is 14.3 Å². The first-order valence-electron chi connectivity index (χ1n) is 11.1. The molecular formula is C22H27N7O3. The lowest BCUT2D eigenvalue weighted by Gasteiger charge is -2.27. The fraction of sp³-hybridized carbons (Fsp3) is 0.545. The summed E-state index contributed by atoms with van der Waals surface area (Å²) in [5.74, 6) is 0.158. The smallest absolute Gasteiger partial charge is 0.306 e. The predicted molar refractivity (Wildman–Crippen MR) is 114 cm³/mol. The van der Waals surface area contributed by atoms with Crippen LogP contribution in [0.5, 0.6) is 5.75 Å². The number of hydrogen-bond donors (Lipinski definition) is 1. The van der Waals surface area contributed by atoms with E-state index in [1.165, 1.54) is 12.8 Å². The Bertz CT molecular complexity index is 1130. The summed E-state index contributed by atoms with van der Waals surface area (Å²) in [4.78, 5) is 16.1. The minimum Gasteiger partial charge on any atom is -0.489 e. The van der Waals surface area contributed by atoms with E-state index in [9.17, 15) is 9.90 Å². The zero-order valence-corrected chi connectivity index (χ0v) is 18.3. The van der Waals surface area contributed by atoms with E-state index in [4.69, 9.17) is 9.72 Å². The van der Waals surface area contributed by atoms with Crippen molar-refractivity contribution in [3.05, 3.63) is 35.4 Å². The lowest BCUT2D eigenvalue weighted by molar-refractivity contribution is -0.143. The molecule has 168 valence electrons. The van der Waals surface area contributed by atoms with Crippen LogP contribution in [0.25, 0.3) is 11.4 Å². The van der Waals surface area contributed by atoms with Crippen molar-refractivity contribution >= 4 is 5.97 Å². The molecule has 2 atom stereocenters. The van der Waals surface area contributed by atoms with Gasteiger partial charge in [0.05, 0.1) is 47.5 Å². The van der Waals surface area contributed by atoms with Crippen LogP contribution < -0.4 is 4.74 Å². The lowest BCUT2D eigenvalue weighted by Crippen LogP contribution is -2.29. The van der Waals surface area contributed by atoms with Gasteiger partial charge in [0.25, 0.3) is 0 Å². The highest BCUT2D eigenvalue weighted by Crippen LogP contribution is 2.39. The summed E-state index contributed by atoms with van der Waals surface area (Å²) in [7, 11) is 1.87. The molecule has 2 aliphatic carbocycles. The first-order valence-corrected chi connectivity index (χ1v) is 11.1. The number of carbonyl (C=O) groups is 1. The SMILES string of the molecule is Cc1nc(-c2nnn(C)c2Cn2nncc2C2CC2)ccc1O[C@H]1CCC[C@H](C(=O)O)C1. The van der Waals surface area contributed by atoms with Gasteiger partial charge in [-0.3, -0.25) is 4.79 Å². The summed E-state index contributed by atoms with van der Waals surface area (Å²) in [6.45, 7) is 2.43. The quantitative estimate of drug-likeness (QED) is 0.599. The molecule has 10 heteroatoms. The Hall–Kier alpha value is -3.30. The van der Waals surface area contributed by atoms with Crippen LogP contribution in [0, 0.1) is 12.8 Å². The van der Waals surface area contributed by atoms with Crippen LogP contribution >= 0.6 is 0 Å². The van der Waals surface area contributed by atoms with Gasteiger partial charge in [-0.05, 0) is 57.6 Å². The molecule has 3 aromatic rings. The molecule has 0 amide bonds. The number of aliphatic carboxylic acids is 1. The topological polar surface area (TPSA) is 121 Å². The van der Waals surface area contributed by atoms with Crippen LogP contribution in [0.3, 0.4) is 0 Å². The zero-order valence-electron chi connectivity index (χ0n) is 18.3. The molecule has 5 rings (SSSR count). The first-order chi connectivity index (χ1) is 15.5. The highest BCUT2D eigenvalue weighted by molar-refractivity contribution is 5.70. The number of aryl methyl sites for hydroxylation is 2. The Morgan fingerprint density at radius 1 is 1.22 bits per heavy atom. The molecule has 2 aliphatic rings. The normalized spacial score (nSPS) is 20.9. The Kier molecular flexibility index (Phi) is 5.36. The van der Waals surface area contributed by atoms with Crippen molar-refractivity contribution in [3.63, 3.8) is 0 Å². The Morgan fingerprint density at radius 2 is 2.06 bits per heavy atom. The molecule has 0 aliphatic heterocycles. The van der Waals surface area contributed by atoms with Gasteiger partial charge >= 0.3 is 5.97 Å². The van der Waals surface area contributed by atoms with E-state index < -0.39 is 5.97 Å². The number of nitrogens with zero attached hydrogens (tertiary/aromatic N) is 7. The highest BCUT2D eigenvalue weighted by Gasteiger charge is 2.30. The van der Waals surface area contributed by atoms with Crippen LogP contribution in [0.15, 0.2) is 18.3 Å². The van der Waals surface area contributed by atoms with Gasteiger partial charge in [0, 0.05) is 13.0 Å². The molecule has 2 saturated carbocycles. The van der Waals surface area contributed by atoms with E-state index >= 15 is 0 Å². The molecule has 0 unspecified atom stereocenters. The number of rotatable bonds is 7. The second-order valence-corrected chi connectivity index (χ2v) is 8.82. The van der Waals surface area contributed by atoms with Crippen molar-refractivity contribution in [2.24, 2.45) is 13.0 Å². The average molecular weight is 438 g/mol. The molecule has 0 radical (unpaired) electrons. The van der Waals surface area contributed by atoms with Crippen molar-refractivity contribution in [1.29, 1.82) is 0 Å². The maximum absolute atomic E-state index is 11.3. The average Bonchev–Trinajstić information content (AvgIpc) is 3.42. The largest absolute Gasteiger partial charge is 0.489 e. The van der Waals surface area contributed by atoms with Crippen LogP contribution in [0.1, 0.15) is 61.5 Å². The van der Waals surface area contributed by atoms with Crippen molar-refractivity contribution in [1.82, 2.24) is 35.0 Å². The van der Waals surface area contributed by atoms with E-state index in [1.54, 1.807) is 4.68 Å². The Morgan fingerprint density at radius 3 is 2.81 bits per heavy atom. The van der Waals surface area contributed by atoms with Crippen molar-refractivity contribution in [3.8, 4) is 17.1 Å². The summed E-state index contributed by atoms with van der Waals surface area (Å²) in [5, 5.41) is 26.2. The summed E-state index contributed by atoms with van der Waals surface area (Å²) in [6.07, 6.45) is 7.08. The lowest BCUT2D eigenvalue weighted by atomic mass is 9.87. The van der Waals surface area contributed by atoms with E-state index in [-0.39, 0.29) is 12.0 Å². The summed E-state index contributed by atoms with van der Waals surface area (Å²) >= 11 is 0. The van der Waals surface area contributed by atoms with Gasteiger partial charge in [0.2, 0.25) is 0 Å². The number of hydrogen-bond acceptors (Lipinski definition) is 7. The van der Waals surface area contributed by atoms with Gasteiger partial charge in [-0.15, -0.1) is 10.2 Å². The molecule has 0 spiro atoms. The highest BCUT2D eigenvalue weighted by atomic mass is 16.5. The molecule has 3 heterocycles. The van der Waals surface area contributed by atoms with Gasteiger partial charge in [0.1, 0.15) is 11.4 Å². The third-order valence-electron chi connectivity index (χ3n) is 6.43. The Labute approximate surface area is 185 Å². The standard InChI is InChI=1S/C22H27N7O3/c1-13-20(32-16-5-3-4-15(10-16)22(30)31)9-8-17(24-13)21-19(28(2)27-25-21)12-29-18(11-23-26-29)14-6-7-14/h8-9,11,14-16H,3-7,10,12H2,1-2H3,(H,30,31)/t15-,16-/m0/s1. The van der Waals surface area contributed by atoms with Crippen LogP contribution in [0.4, 0.5) is 0 Å². The Balaban J connectivity index is 1.35. The van der Waals surface area contributed by atoms with E-state index in [1.807, 2.05) is 37.0 Å². The molecule has 0 aromatic carbocycles. The zero-order chi connectivity index (χ0) is 22.2. The maximum Gasteiger partial charge on any atom is 0.306 e. The molecule has 32 heavy (non-hydrogen) atoms. The van der Waals surface area contributed by atoms with E-state index in [2.05, 4.69) is 20.6 Å². The number of ether oxygens (including phenoxy) is 1. The number of aromatic nitrogens is 7. The van der Waals surface area contributed by atoms with Gasteiger partial charge in [-0.1, -0.05) is 10.4 Å². The van der Waals surface area contributed by atoms with E-state index in [0.29, 0.717) is 30.3 Å². The molecule has 1 N–H and O–H groups in total. The third-order valence-corrected chi connectivity index (χ3v) is 6.43. The number of pyridine rings is 1. The second kappa shape index (κ2) is 8.33. The minimum absolute atomic E-state index is 0.101. The molecule has 0 bridgehead atoms. The number of carboxylic acids is 1. The van der Waals surface area contributed by atoms with Gasteiger partial charge in [0.15, 0.2) is 0 Å². The molecular weight excluding hydrogens is 410 g/mol. The fourth-order valence-corrected chi connectivity index (χ4v) is 4.44. The summed E-state index contributed by atoms with van der Waals surface area (Å²) < 4.78 is 9.81. The van der Waals surface area contributed by atoms with Crippen molar-refractivity contribution in [2.45, 2.75) is 64.0 Å². The molecule has 2 fully saturated rings. The van der Waals surface area contributed by atoms with Crippen LogP contribution in [-0.2, 0) is 18.4 Å².